The van der Waals surface area contributed by atoms with Crippen LogP contribution in [0.2, 0.25) is 0 Å². The Morgan fingerprint density at radius 2 is 1.86 bits per heavy atom. The lowest BCUT2D eigenvalue weighted by molar-refractivity contribution is -0.119. The highest BCUT2D eigenvalue weighted by atomic mass is 32.2. The number of hydrogen-bond acceptors (Lipinski definition) is 3. The van der Waals surface area contributed by atoms with Crippen LogP contribution >= 0.6 is 0 Å². The van der Waals surface area contributed by atoms with Crippen molar-refractivity contribution >= 4 is 22.0 Å². The van der Waals surface area contributed by atoms with Crippen LogP contribution in [0.3, 0.4) is 0 Å². The molecule has 0 atom stereocenters. The van der Waals surface area contributed by atoms with Crippen molar-refractivity contribution in [2.24, 2.45) is 11.7 Å². The van der Waals surface area contributed by atoms with Crippen LogP contribution in [0.5, 0.6) is 0 Å². The number of benzene rings is 1. The summed E-state index contributed by atoms with van der Waals surface area (Å²) in [6.07, 6.45) is 3.31. The van der Waals surface area contributed by atoms with E-state index in [9.17, 15) is 13.2 Å². The summed E-state index contributed by atoms with van der Waals surface area (Å²) in [6, 6.07) is 9.31. The maximum Gasteiger partial charge on any atom is 0.236 e. The normalized spacial score (nSPS) is 18.1. The van der Waals surface area contributed by atoms with Crippen LogP contribution in [0.4, 0.5) is 0 Å². The van der Waals surface area contributed by atoms with Crippen molar-refractivity contribution in [1.29, 1.82) is 0 Å². The molecule has 2 N–H and O–H groups in total. The monoisotopic (exact) mass is 308 g/mol. The Hall–Kier alpha value is -1.66. The van der Waals surface area contributed by atoms with Crippen LogP contribution in [-0.4, -0.2) is 31.7 Å². The summed E-state index contributed by atoms with van der Waals surface area (Å²) in [6.45, 7) is 0.888. The number of amides is 1. The zero-order chi connectivity index (χ0) is 15.3. The van der Waals surface area contributed by atoms with Crippen LogP contribution in [-0.2, 0) is 14.8 Å². The largest absolute Gasteiger partial charge is 0.370 e. The molecule has 5 nitrogen and oxygen atoms in total. The number of nitrogens with two attached hydrogens (primary N) is 1. The Kier molecular flexibility index (Phi) is 5.14. The first-order chi connectivity index (χ1) is 9.97. The first-order valence-electron chi connectivity index (χ1n) is 6.99. The molecule has 1 aromatic rings. The molecule has 6 heteroatoms. The minimum absolute atomic E-state index is 0.201. The fourth-order valence-corrected chi connectivity index (χ4v) is 3.69. The van der Waals surface area contributed by atoms with E-state index in [1.165, 1.54) is 9.71 Å². The summed E-state index contributed by atoms with van der Waals surface area (Å²) in [5.41, 5.74) is 6.03. The van der Waals surface area contributed by atoms with Gasteiger partial charge in [-0.15, -0.1) is 0 Å². The number of sulfonamides is 1. The highest BCUT2D eigenvalue weighted by molar-refractivity contribution is 7.92. The molecule has 114 valence electrons. The first-order valence-corrected chi connectivity index (χ1v) is 8.49. The van der Waals surface area contributed by atoms with E-state index in [4.69, 9.17) is 5.73 Å². The fraction of sp³-hybridized carbons (Fsp3) is 0.400. The van der Waals surface area contributed by atoms with Gasteiger partial charge in [-0.1, -0.05) is 30.3 Å². The van der Waals surface area contributed by atoms with E-state index in [-0.39, 0.29) is 11.8 Å². The zero-order valence-electron chi connectivity index (χ0n) is 11.8. The van der Waals surface area contributed by atoms with Gasteiger partial charge in [0.25, 0.3) is 0 Å². The van der Waals surface area contributed by atoms with Gasteiger partial charge in [-0.3, -0.25) is 4.79 Å². The van der Waals surface area contributed by atoms with E-state index in [1.54, 1.807) is 6.08 Å². The molecule has 0 unspecified atom stereocenters. The molecule has 1 aliphatic rings. The topological polar surface area (TPSA) is 80.5 Å². The van der Waals surface area contributed by atoms with Gasteiger partial charge < -0.3 is 5.73 Å². The van der Waals surface area contributed by atoms with E-state index in [2.05, 4.69) is 0 Å². The van der Waals surface area contributed by atoms with Crippen molar-refractivity contribution in [2.75, 3.05) is 13.1 Å². The van der Waals surface area contributed by atoms with E-state index in [0.717, 1.165) is 5.56 Å². The minimum atomic E-state index is -3.40. The van der Waals surface area contributed by atoms with Gasteiger partial charge in [-0.2, -0.15) is 4.31 Å². The third-order valence-electron chi connectivity index (χ3n) is 3.66. The molecule has 1 aromatic carbocycles. The number of piperidine rings is 1. The number of nitrogens with zero attached hydrogens (tertiary/aromatic N) is 1. The summed E-state index contributed by atoms with van der Waals surface area (Å²) in [7, 11) is -3.40. The fourth-order valence-electron chi connectivity index (χ4n) is 2.47. The number of primary amides is 1. The molecule has 2 rings (SSSR count). The molecule has 0 radical (unpaired) electrons. The number of hydrogen-bond donors (Lipinski definition) is 1. The van der Waals surface area contributed by atoms with Crippen molar-refractivity contribution < 1.29 is 13.2 Å². The SMILES string of the molecule is NC(=O)CC1CCN(S(=O)(=O)/C=C\c2ccccc2)CC1. The van der Waals surface area contributed by atoms with Gasteiger partial charge in [0.2, 0.25) is 15.9 Å². The van der Waals surface area contributed by atoms with Gasteiger partial charge in [0.1, 0.15) is 0 Å². The van der Waals surface area contributed by atoms with Crippen LogP contribution in [0.25, 0.3) is 6.08 Å². The second-order valence-corrected chi connectivity index (χ2v) is 7.09. The third-order valence-corrected chi connectivity index (χ3v) is 5.22. The van der Waals surface area contributed by atoms with Gasteiger partial charge in [-0.05, 0) is 30.4 Å². The molecule has 0 bridgehead atoms. The molecule has 1 amide bonds. The van der Waals surface area contributed by atoms with E-state index in [0.29, 0.717) is 32.4 Å². The molecule has 0 spiro atoms. The molecule has 1 fully saturated rings. The number of carbonyl (C=O) groups is 1. The maximum absolute atomic E-state index is 12.2. The van der Waals surface area contributed by atoms with Crippen molar-refractivity contribution in [2.45, 2.75) is 19.3 Å². The predicted octanol–water partition coefficient (Wildman–Crippen LogP) is 1.57. The molecule has 1 aliphatic heterocycles. The average molecular weight is 308 g/mol. The Labute approximate surface area is 125 Å². The van der Waals surface area contributed by atoms with Crippen LogP contribution < -0.4 is 5.73 Å². The Morgan fingerprint density at radius 3 is 2.43 bits per heavy atom. The van der Waals surface area contributed by atoms with Crippen molar-refractivity contribution in [3.05, 3.63) is 41.3 Å². The quantitative estimate of drug-likeness (QED) is 0.896. The predicted molar refractivity (Wildman–Crippen MR) is 82.5 cm³/mol. The van der Waals surface area contributed by atoms with Gasteiger partial charge in [0.05, 0.1) is 0 Å². The minimum Gasteiger partial charge on any atom is -0.370 e. The highest BCUT2D eigenvalue weighted by Gasteiger charge is 2.26. The molecule has 0 aliphatic carbocycles. The summed E-state index contributed by atoms with van der Waals surface area (Å²) in [4.78, 5) is 10.9. The Balaban J connectivity index is 1.95. The number of carbonyl (C=O) groups excluding carboxylic acids is 1. The zero-order valence-corrected chi connectivity index (χ0v) is 12.6. The third kappa shape index (κ3) is 4.68. The van der Waals surface area contributed by atoms with E-state index < -0.39 is 10.0 Å². The van der Waals surface area contributed by atoms with Gasteiger partial charge in [-0.25, -0.2) is 8.42 Å². The van der Waals surface area contributed by atoms with Crippen molar-refractivity contribution in [1.82, 2.24) is 4.31 Å². The highest BCUT2D eigenvalue weighted by Crippen LogP contribution is 2.22. The molecule has 21 heavy (non-hydrogen) atoms. The Bertz CT molecular complexity index is 603. The lowest BCUT2D eigenvalue weighted by Gasteiger charge is -2.29. The van der Waals surface area contributed by atoms with Crippen LogP contribution in [0.1, 0.15) is 24.8 Å². The van der Waals surface area contributed by atoms with Crippen molar-refractivity contribution in [3.63, 3.8) is 0 Å². The van der Waals surface area contributed by atoms with Gasteiger partial charge in [0, 0.05) is 24.9 Å². The van der Waals surface area contributed by atoms with Gasteiger partial charge >= 0.3 is 0 Å². The van der Waals surface area contributed by atoms with Crippen LogP contribution in [0, 0.1) is 5.92 Å². The Morgan fingerprint density at radius 1 is 1.24 bits per heavy atom. The summed E-state index contributed by atoms with van der Waals surface area (Å²) in [5.74, 6) is -0.118. The molecule has 0 aromatic heterocycles. The first kappa shape index (κ1) is 15.7. The van der Waals surface area contributed by atoms with E-state index >= 15 is 0 Å². The van der Waals surface area contributed by atoms with Crippen LogP contribution in [0.15, 0.2) is 35.7 Å². The molecular formula is C15H20N2O3S. The number of rotatable bonds is 5. The second-order valence-electron chi connectivity index (χ2n) is 5.27. The van der Waals surface area contributed by atoms with E-state index in [1.807, 2.05) is 30.3 Å². The van der Waals surface area contributed by atoms with Crippen molar-refractivity contribution in [3.8, 4) is 0 Å². The van der Waals surface area contributed by atoms with Gasteiger partial charge in [0.15, 0.2) is 0 Å². The summed E-state index contributed by atoms with van der Waals surface area (Å²) >= 11 is 0. The molecular weight excluding hydrogens is 288 g/mol. The smallest absolute Gasteiger partial charge is 0.236 e. The average Bonchev–Trinajstić information content (AvgIpc) is 2.46. The summed E-state index contributed by atoms with van der Waals surface area (Å²) < 4.78 is 25.9. The standard InChI is InChI=1S/C15H20N2O3S/c16-15(18)12-14-6-9-17(10-7-14)21(19,20)11-8-13-4-2-1-3-5-13/h1-5,8,11,14H,6-7,9-10,12H2,(H2,16,18)/b11-8-. The molecule has 1 heterocycles. The maximum atomic E-state index is 12.2. The lowest BCUT2D eigenvalue weighted by Crippen LogP contribution is -2.38. The summed E-state index contributed by atoms with van der Waals surface area (Å²) in [5, 5.41) is 1.25. The molecule has 1 saturated heterocycles. The lowest BCUT2D eigenvalue weighted by atomic mass is 9.94. The second kappa shape index (κ2) is 6.87. The molecule has 0 saturated carbocycles.